The molecule has 1 aromatic rings. The highest BCUT2D eigenvalue weighted by Crippen LogP contribution is 2.12. The number of rotatable bonds is 4. The summed E-state index contributed by atoms with van der Waals surface area (Å²) in [6.07, 6.45) is 5.59. The van der Waals surface area contributed by atoms with E-state index in [2.05, 4.69) is 5.32 Å². The van der Waals surface area contributed by atoms with Gasteiger partial charge >= 0.3 is 0 Å². The molecule has 1 aliphatic heterocycles. The summed E-state index contributed by atoms with van der Waals surface area (Å²) in [6.45, 7) is 3.17. The zero-order chi connectivity index (χ0) is 13.5. The van der Waals surface area contributed by atoms with Gasteiger partial charge < -0.3 is 10.2 Å². The fourth-order valence-electron chi connectivity index (χ4n) is 2.54. The summed E-state index contributed by atoms with van der Waals surface area (Å²) in [4.78, 5) is 13.3. The second kappa shape index (κ2) is 7.24. The molecule has 1 fully saturated rings. The Bertz CT molecular complexity index is 414. The van der Waals surface area contributed by atoms with Crippen LogP contribution in [0, 0.1) is 5.82 Å². The second-order valence-corrected chi connectivity index (χ2v) is 5.19. The molecule has 2 rings (SSSR count). The maximum Gasteiger partial charge on any atom is 0.230 e. The van der Waals surface area contributed by atoms with Crippen LogP contribution in [-0.2, 0) is 4.79 Å². The van der Waals surface area contributed by atoms with Gasteiger partial charge in [0.25, 0.3) is 0 Å². The lowest BCUT2D eigenvalue weighted by molar-refractivity contribution is -0.898. The maximum absolute atomic E-state index is 13.4. The molecule has 19 heavy (non-hydrogen) atoms. The highest BCUT2D eigenvalue weighted by Gasteiger charge is 2.14. The largest absolute Gasteiger partial charge is 0.335 e. The number of quaternary nitrogens is 1. The first-order valence-electron chi connectivity index (χ1n) is 7.13. The molecule has 104 valence electrons. The third kappa shape index (κ3) is 4.63. The van der Waals surface area contributed by atoms with Crippen LogP contribution >= 0.6 is 0 Å². The van der Waals surface area contributed by atoms with Crippen molar-refractivity contribution in [3.63, 3.8) is 0 Å². The lowest BCUT2D eigenvalue weighted by atomic mass is 10.2. The normalized spacial score (nSPS) is 16.9. The predicted molar refractivity (Wildman–Crippen MR) is 73.7 cm³/mol. The maximum atomic E-state index is 13.4. The Labute approximate surface area is 113 Å². The van der Waals surface area contributed by atoms with Crippen molar-refractivity contribution < 1.29 is 14.1 Å². The number of carbonyl (C=O) groups excluding carboxylic acids is 1. The number of hydrogen-bond donors (Lipinski definition) is 2. The molecule has 0 saturated carbocycles. The molecule has 1 saturated heterocycles. The van der Waals surface area contributed by atoms with Crippen molar-refractivity contribution in [1.82, 2.24) is 0 Å². The van der Waals surface area contributed by atoms with E-state index in [9.17, 15) is 9.18 Å². The number of benzene rings is 1. The number of likely N-dealkylation sites (tertiary alicyclic amines) is 1. The molecule has 4 heteroatoms. The van der Waals surface area contributed by atoms with Gasteiger partial charge in [0.1, 0.15) is 5.82 Å². The molecule has 0 aromatic heterocycles. The first-order chi connectivity index (χ1) is 9.25. The van der Waals surface area contributed by atoms with Crippen LogP contribution in [0.1, 0.15) is 32.1 Å². The van der Waals surface area contributed by atoms with Crippen molar-refractivity contribution in [3.05, 3.63) is 30.1 Å². The van der Waals surface area contributed by atoms with Gasteiger partial charge in [0.05, 0.1) is 31.7 Å². The molecule has 0 radical (unpaired) electrons. The summed E-state index contributed by atoms with van der Waals surface area (Å²) < 4.78 is 13.4. The predicted octanol–water partition coefficient (Wildman–Crippen LogP) is 1.61. The van der Waals surface area contributed by atoms with Gasteiger partial charge in [-0.3, -0.25) is 4.79 Å². The topological polar surface area (TPSA) is 33.5 Å². The van der Waals surface area contributed by atoms with Crippen molar-refractivity contribution in [2.45, 2.75) is 32.1 Å². The summed E-state index contributed by atoms with van der Waals surface area (Å²) in [5.74, 6) is -0.472. The van der Waals surface area contributed by atoms with E-state index in [-0.39, 0.29) is 17.4 Å². The highest BCUT2D eigenvalue weighted by atomic mass is 19.1. The highest BCUT2D eigenvalue weighted by molar-refractivity contribution is 5.90. The SMILES string of the molecule is O=C(CC[NH+]1CCCCCC1)Nc1ccccc1F. The zero-order valence-corrected chi connectivity index (χ0v) is 11.3. The Kier molecular flexibility index (Phi) is 5.33. The molecule has 0 spiro atoms. The first-order valence-corrected chi connectivity index (χ1v) is 7.13. The smallest absolute Gasteiger partial charge is 0.230 e. The standard InChI is InChI=1S/C15H21FN2O/c16-13-7-3-4-8-14(13)17-15(19)9-12-18-10-5-1-2-6-11-18/h3-4,7-8H,1-2,5-6,9-12H2,(H,17,19)/p+1. The van der Waals surface area contributed by atoms with Gasteiger partial charge in [-0.05, 0) is 37.8 Å². The Morgan fingerprint density at radius 2 is 1.84 bits per heavy atom. The second-order valence-electron chi connectivity index (χ2n) is 5.19. The van der Waals surface area contributed by atoms with E-state index < -0.39 is 0 Å². The Morgan fingerprint density at radius 3 is 2.53 bits per heavy atom. The third-order valence-electron chi connectivity index (χ3n) is 3.66. The van der Waals surface area contributed by atoms with Crippen LogP contribution < -0.4 is 10.2 Å². The van der Waals surface area contributed by atoms with Gasteiger partial charge in [0, 0.05) is 0 Å². The number of halogens is 1. The fraction of sp³-hybridized carbons (Fsp3) is 0.533. The molecule has 0 atom stereocenters. The van der Waals surface area contributed by atoms with Crippen LogP contribution in [0.2, 0.25) is 0 Å². The Balaban J connectivity index is 1.76. The van der Waals surface area contributed by atoms with Gasteiger partial charge in [-0.2, -0.15) is 0 Å². The van der Waals surface area contributed by atoms with Gasteiger partial charge in [0.2, 0.25) is 5.91 Å². The van der Waals surface area contributed by atoms with Gasteiger partial charge in [-0.25, -0.2) is 4.39 Å². The fourth-order valence-corrected chi connectivity index (χ4v) is 2.54. The number of para-hydroxylation sites is 1. The van der Waals surface area contributed by atoms with E-state index in [1.165, 1.54) is 36.6 Å². The minimum atomic E-state index is -0.377. The summed E-state index contributed by atoms with van der Waals surface area (Å²) in [5, 5.41) is 2.64. The van der Waals surface area contributed by atoms with Gasteiger partial charge in [-0.1, -0.05) is 12.1 Å². The number of nitrogens with one attached hydrogen (secondary N) is 2. The molecule has 0 bridgehead atoms. The van der Waals surface area contributed by atoms with Crippen LogP contribution in [0.3, 0.4) is 0 Å². The first kappa shape index (κ1) is 14.0. The lowest BCUT2D eigenvalue weighted by Crippen LogP contribution is -3.12. The molecule has 1 aromatic carbocycles. The minimum absolute atomic E-state index is 0.0955. The molecule has 1 aliphatic rings. The van der Waals surface area contributed by atoms with E-state index >= 15 is 0 Å². The number of anilines is 1. The molecule has 1 amide bonds. The van der Waals surface area contributed by atoms with Crippen molar-refractivity contribution in [2.24, 2.45) is 0 Å². The quantitative estimate of drug-likeness (QED) is 0.852. The van der Waals surface area contributed by atoms with Crippen molar-refractivity contribution >= 4 is 11.6 Å². The summed E-state index contributed by atoms with van der Waals surface area (Å²) in [7, 11) is 0. The van der Waals surface area contributed by atoms with E-state index in [1.54, 1.807) is 18.2 Å². The molecular formula is C15H22FN2O+. The van der Waals surface area contributed by atoms with Crippen LogP contribution in [0.25, 0.3) is 0 Å². The molecule has 1 heterocycles. The minimum Gasteiger partial charge on any atom is -0.335 e. The lowest BCUT2D eigenvalue weighted by Gasteiger charge is -2.16. The summed E-state index contributed by atoms with van der Waals surface area (Å²) in [5.41, 5.74) is 0.276. The third-order valence-corrected chi connectivity index (χ3v) is 3.66. The van der Waals surface area contributed by atoms with Crippen LogP contribution in [0.5, 0.6) is 0 Å². The molecule has 3 nitrogen and oxygen atoms in total. The molecule has 0 aliphatic carbocycles. The van der Waals surface area contributed by atoms with E-state index in [0.717, 1.165) is 19.6 Å². The van der Waals surface area contributed by atoms with Crippen molar-refractivity contribution in [2.75, 3.05) is 25.0 Å². The Morgan fingerprint density at radius 1 is 1.16 bits per heavy atom. The van der Waals surface area contributed by atoms with Gasteiger partial charge in [-0.15, -0.1) is 0 Å². The van der Waals surface area contributed by atoms with E-state index in [0.29, 0.717) is 6.42 Å². The average Bonchev–Trinajstić information content (AvgIpc) is 2.68. The molecule has 2 N–H and O–H groups in total. The Hall–Kier alpha value is -1.42. The number of carbonyl (C=O) groups is 1. The summed E-state index contributed by atoms with van der Waals surface area (Å²) >= 11 is 0. The van der Waals surface area contributed by atoms with Crippen molar-refractivity contribution in [3.8, 4) is 0 Å². The van der Waals surface area contributed by atoms with Crippen LogP contribution in [0.4, 0.5) is 10.1 Å². The number of hydrogen-bond acceptors (Lipinski definition) is 1. The van der Waals surface area contributed by atoms with Crippen LogP contribution in [0.15, 0.2) is 24.3 Å². The van der Waals surface area contributed by atoms with Crippen LogP contribution in [-0.4, -0.2) is 25.5 Å². The molecule has 0 unspecified atom stereocenters. The summed E-state index contributed by atoms with van der Waals surface area (Å²) in [6, 6.07) is 6.28. The zero-order valence-electron chi connectivity index (χ0n) is 11.3. The van der Waals surface area contributed by atoms with Crippen molar-refractivity contribution in [1.29, 1.82) is 0 Å². The molecular weight excluding hydrogens is 243 g/mol. The van der Waals surface area contributed by atoms with E-state index in [4.69, 9.17) is 0 Å². The van der Waals surface area contributed by atoms with E-state index in [1.807, 2.05) is 0 Å². The monoisotopic (exact) mass is 265 g/mol. The average molecular weight is 265 g/mol. The van der Waals surface area contributed by atoms with Gasteiger partial charge in [0.15, 0.2) is 0 Å². The number of amides is 1.